The molecule has 3 N–H and O–H groups in total. The summed E-state index contributed by atoms with van der Waals surface area (Å²) in [5, 5.41) is 6.16. The van der Waals surface area contributed by atoms with E-state index in [0.29, 0.717) is 28.0 Å². The molecule has 0 unspecified atom stereocenters. The highest BCUT2D eigenvalue weighted by atomic mass is 35.5. The molecule has 0 atom stereocenters. The molecule has 1 heterocycles. The van der Waals surface area contributed by atoms with E-state index < -0.39 is 5.91 Å². The highest BCUT2D eigenvalue weighted by Gasteiger charge is 2.12. The third-order valence-corrected chi connectivity index (χ3v) is 3.92. The lowest BCUT2D eigenvalue weighted by molar-refractivity contribution is -0.119. The van der Waals surface area contributed by atoms with Crippen molar-refractivity contribution < 1.29 is 18.7 Å². The standard InChI is InChI=1S/C18H15ClFN3O3/c1-26-9-17(24)23-15-5-3-12(8-13(15)19)21-18(25)16-7-10-6-11(20)2-4-14(10)22-16/h2-8,22H,9H2,1H3,(H,21,25)(H,23,24). The number of hydrogen-bond acceptors (Lipinski definition) is 3. The van der Waals surface area contributed by atoms with Gasteiger partial charge in [0.05, 0.1) is 10.7 Å². The fraction of sp³-hybridized carbons (Fsp3) is 0.111. The molecule has 1 aromatic heterocycles. The molecule has 0 bridgehead atoms. The Morgan fingerprint density at radius 1 is 1.15 bits per heavy atom. The first-order valence-corrected chi connectivity index (χ1v) is 8.02. The largest absolute Gasteiger partial charge is 0.375 e. The van der Waals surface area contributed by atoms with E-state index in [9.17, 15) is 14.0 Å². The molecule has 0 aliphatic carbocycles. The predicted molar refractivity (Wildman–Crippen MR) is 98.2 cm³/mol. The van der Waals surface area contributed by atoms with Gasteiger partial charge in [-0.15, -0.1) is 0 Å². The maximum atomic E-state index is 13.2. The van der Waals surface area contributed by atoms with Crippen molar-refractivity contribution in [3.05, 3.63) is 59.0 Å². The Kier molecular flexibility index (Phi) is 5.20. The van der Waals surface area contributed by atoms with Gasteiger partial charge in [-0.1, -0.05) is 11.6 Å². The summed E-state index contributed by atoms with van der Waals surface area (Å²) in [4.78, 5) is 26.8. The molecular formula is C18H15ClFN3O3. The summed E-state index contributed by atoms with van der Waals surface area (Å²) in [6.07, 6.45) is 0. The minimum atomic E-state index is -0.395. The van der Waals surface area contributed by atoms with Crippen LogP contribution < -0.4 is 10.6 Å². The van der Waals surface area contributed by atoms with Crippen LogP contribution >= 0.6 is 11.6 Å². The van der Waals surface area contributed by atoms with E-state index in [0.717, 1.165) is 0 Å². The quantitative estimate of drug-likeness (QED) is 0.634. The second kappa shape index (κ2) is 7.55. The third kappa shape index (κ3) is 4.01. The first-order valence-electron chi connectivity index (χ1n) is 7.64. The van der Waals surface area contributed by atoms with Crippen molar-refractivity contribution in [1.82, 2.24) is 4.98 Å². The molecule has 2 aromatic carbocycles. The second-order valence-corrected chi connectivity index (χ2v) is 5.95. The lowest BCUT2D eigenvalue weighted by Gasteiger charge is -2.09. The molecule has 0 radical (unpaired) electrons. The molecule has 134 valence electrons. The number of nitrogens with one attached hydrogen (secondary N) is 3. The number of fused-ring (bicyclic) bond motifs is 1. The van der Waals surface area contributed by atoms with Crippen LogP contribution in [0.1, 0.15) is 10.5 Å². The van der Waals surface area contributed by atoms with Crippen molar-refractivity contribution in [3.8, 4) is 0 Å². The average Bonchev–Trinajstić information content (AvgIpc) is 3.01. The second-order valence-electron chi connectivity index (χ2n) is 5.54. The van der Waals surface area contributed by atoms with Crippen LogP contribution in [0.25, 0.3) is 10.9 Å². The molecule has 8 heteroatoms. The third-order valence-electron chi connectivity index (χ3n) is 3.60. The van der Waals surface area contributed by atoms with E-state index in [2.05, 4.69) is 15.6 Å². The fourth-order valence-corrected chi connectivity index (χ4v) is 2.66. The van der Waals surface area contributed by atoms with Gasteiger partial charge in [0, 0.05) is 23.7 Å². The number of amides is 2. The number of H-pyrrole nitrogens is 1. The van der Waals surface area contributed by atoms with Crippen molar-refractivity contribution in [1.29, 1.82) is 0 Å². The zero-order valence-electron chi connectivity index (χ0n) is 13.7. The number of halogens is 2. The van der Waals surface area contributed by atoms with E-state index in [1.54, 1.807) is 24.3 Å². The smallest absolute Gasteiger partial charge is 0.272 e. The Morgan fingerprint density at radius 3 is 2.69 bits per heavy atom. The Labute approximate surface area is 153 Å². The molecule has 3 rings (SSSR count). The Morgan fingerprint density at radius 2 is 1.96 bits per heavy atom. The maximum absolute atomic E-state index is 13.2. The number of benzene rings is 2. The summed E-state index contributed by atoms with van der Waals surface area (Å²) in [6, 6.07) is 10.5. The minimum absolute atomic E-state index is 0.0875. The molecule has 3 aromatic rings. The van der Waals surface area contributed by atoms with Crippen molar-refractivity contribution in [2.24, 2.45) is 0 Å². The van der Waals surface area contributed by atoms with Crippen LogP contribution in [0.3, 0.4) is 0 Å². The number of aromatic amines is 1. The van der Waals surface area contributed by atoms with Gasteiger partial charge in [0.15, 0.2) is 0 Å². The molecular weight excluding hydrogens is 361 g/mol. The fourth-order valence-electron chi connectivity index (χ4n) is 2.44. The van der Waals surface area contributed by atoms with Crippen LogP contribution in [0.2, 0.25) is 5.02 Å². The summed E-state index contributed by atoms with van der Waals surface area (Å²) in [6.45, 7) is -0.0875. The number of carbonyl (C=O) groups is 2. The van der Waals surface area contributed by atoms with Gasteiger partial charge in [0.1, 0.15) is 18.1 Å². The molecule has 26 heavy (non-hydrogen) atoms. The van der Waals surface area contributed by atoms with Crippen LogP contribution in [0.5, 0.6) is 0 Å². The van der Waals surface area contributed by atoms with Crippen molar-refractivity contribution in [2.75, 3.05) is 24.4 Å². The average molecular weight is 376 g/mol. The van der Waals surface area contributed by atoms with Gasteiger partial charge in [-0.25, -0.2) is 4.39 Å². The summed E-state index contributed by atoms with van der Waals surface area (Å²) >= 11 is 6.13. The first kappa shape index (κ1) is 17.9. The molecule has 0 saturated heterocycles. The van der Waals surface area contributed by atoms with Crippen molar-refractivity contribution >= 4 is 45.7 Å². The van der Waals surface area contributed by atoms with Gasteiger partial charge in [-0.2, -0.15) is 0 Å². The van der Waals surface area contributed by atoms with Gasteiger partial charge >= 0.3 is 0 Å². The lowest BCUT2D eigenvalue weighted by Crippen LogP contribution is -2.17. The zero-order chi connectivity index (χ0) is 18.7. The topological polar surface area (TPSA) is 83.2 Å². The van der Waals surface area contributed by atoms with E-state index in [1.165, 1.54) is 25.3 Å². The van der Waals surface area contributed by atoms with Crippen LogP contribution in [-0.4, -0.2) is 30.5 Å². The summed E-state index contributed by atoms with van der Waals surface area (Å²) in [5.41, 5.74) is 1.81. The summed E-state index contributed by atoms with van der Waals surface area (Å²) in [5.74, 6) is -1.10. The number of anilines is 2. The number of carbonyl (C=O) groups excluding carboxylic acids is 2. The lowest BCUT2D eigenvalue weighted by atomic mass is 10.2. The predicted octanol–water partition coefficient (Wildman–Crippen LogP) is 3.80. The van der Waals surface area contributed by atoms with Crippen LogP contribution in [0.15, 0.2) is 42.5 Å². The molecule has 6 nitrogen and oxygen atoms in total. The zero-order valence-corrected chi connectivity index (χ0v) is 14.5. The highest BCUT2D eigenvalue weighted by Crippen LogP contribution is 2.26. The SMILES string of the molecule is COCC(=O)Nc1ccc(NC(=O)c2cc3cc(F)ccc3[nH]2)cc1Cl. The molecule has 0 aliphatic rings. The minimum Gasteiger partial charge on any atom is -0.375 e. The van der Waals surface area contributed by atoms with Gasteiger partial charge in [-0.3, -0.25) is 9.59 Å². The van der Waals surface area contributed by atoms with E-state index in [-0.39, 0.29) is 23.4 Å². The number of rotatable bonds is 5. The Hall–Kier alpha value is -2.90. The molecule has 0 spiro atoms. The van der Waals surface area contributed by atoms with Crippen LogP contribution in [-0.2, 0) is 9.53 Å². The number of aromatic nitrogens is 1. The van der Waals surface area contributed by atoms with Crippen LogP contribution in [0, 0.1) is 5.82 Å². The van der Waals surface area contributed by atoms with Gasteiger partial charge in [0.2, 0.25) is 5.91 Å². The molecule has 0 saturated carbocycles. The van der Waals surface area contributed by atoms with Crippen LogP contribution in [0.4, 0.5) is 15.8 Å². The summed E-state index contributed by atoms with van der Waals surface area (Å²) in [7, 11) is 1.41. The van der Waals surface area contributed by atoms with Gasteiger partial charge in [0.25, 0.3) is 5.91 Å². The molecule has 2 amide bonds. The van der Waals surface area contributed by atoms with E-state index in [4.69, 9.17) is 16.3 Å². The monoisotopic (exact) mass is 375 g/mol. The normalized spacial score (nSPS) is 10.7. The van der Waals surface area contributed by atoms with Gasteiger partial charge < -0.3 is 20.4 Å². The number of methoxy groups -OCH3 is 1. The van der Waals surface area contributed by atoms with E-state index >= 15 is 0 Å². The van der Waals surface area contributed by atoms with Crippen molar-refractivity contribution in [2.45, 2.75) is 0 Å². The Balaban J connectivity index is 1.74. The molecule has 0 aliphatic heterocycles. The van der Waals surface area contributed by atoms with Gasteiger partial charge in [-0.05, 0) is 42.5 Å². The molecule has 0 fully saturated rings. The Bertz CT molecular complexity index is 987. The number of hydrogen-bond donors (Lipinski definition) is 3. The first-order chi connectivity index (χ1) is 12.5. The summed E-state index contributed by atoms with van der Waals surface area (Å²) < 4.78 is 18.0. The maximum Gasteiger partial charge on any atom is 0.272 e. The highest BCUT2D eigenvalue weighted by molar-refractivity contribution is 6.34. The number of ether oxygens (including phenoxy) is 1. The van der Waals surface area contributed by atoms with E-state index in [1.807, 2.05) is 0 Å². The van der Waals surface area contributed by atoms with Crippen molar-refractivity contribution in [3.63, 3.8) is 0 Å².